The second-order valence-electron chi connectivity index (χ2n) is 6.10. The molecule has 1 saturated heterocycles. The highest BCUT2D eigenvalue weighted by molar-refractivity contribution is 6.31. The highest BCUT2D eigenvalue weighted by atomic mass is 35.5. The lowest BCUT2D eigenvalue weighted by atomic mass is 10.1. The average Bonchev–Trinajstić information content (AvgIpc) is 3.03. The second-order valence-corrected chi connectivity index (χ2v) is 6.51. The van der Waals surface area contributed by atoms with Gasteiger partial charge in [-0.1, -0.05) is 24.6 Å². The zero-order valence-electron chi connectivity index (χ0n) is 13.9. The molecule has 3 heterocycles. The van der Waals surface area contributed by atoms with Crippen LogP contribution in [0.3, 0.4) is 0 Å². The van der Waals surface area contributed by atoms with Crippen LogP contribution in [0.5, 0.6) is 0 Å². The summed E-state index contributed by atoms with van der Waals surface area (Å²) in [7, 11) is 0. The molecule has 2 aromatic heterocycles. The lowest BCUT2D eigenvalue weighted by Gasteiger charge is -2.23. The largest absolute Gasteiger partial charge is 0.356 e. The molecule has 0 aliphatic carbocycles. The predicted octanol–water partition coefficient (Wildman–Crippen LogP) is 4.55. The fourth-order valence-electron chi connectivity index (χ4n) is 3.10. The number of hydrogen-bond acceptors (Lipinski definition) is 4. The average molecular weight is 361 g/mol. The summed E-state index contributed by atoms with van der Waals surface area (Å²) in [6, 6.07) is 4.88. The molecule has 1 fully saturated rings. The second kappa shape index (κ2) is 6.69. The zero-order valence-corrected chi connectivity index (χ0v) is 14.6. The van der Waals surface area contributed by atoms with Crippen molar-refractivity contribution in [1.29, 1.82) is 0 Å². The fraction of sp³-hybridized carbons (Fsp3) is 0.389. The molecule has 0 bridgehead atoms. The molecule has 1 aliphatic rings. The van der Waals surface area contributed by atoms with Gasteiger partial charge in [-0.15, -0.1) is 0 Å². The molecule has 4 rings (SSSR count). The smallest absolute Gasteiger partial charge is 0.180 e. The summed E-state index contributed by atoms with van der Waals surface area (Å²) in [5, 5.41) is 4.69. The van der Waals surface area contributed by atoms with E-state index in [0.717, 1.165) is 31.4 Å². The number of halogens is 2. The summed E-state index contributed by atoms with van der Waals surface area (Å²) in [4.78, 5) is 9.17. The number of aryl methyl sites for hydroxylation is 1. The monoisotopic (exact) mass is 360 g/mol. The number of aromatic nitrogens is 4. The lowest BCUT2D eigenvalue weighted by molar-refractivity contribution is -0.0369. The Morgan fingerprint density at radius 1 is 1.36 bits per heavy atom. The van der Waals surface area contributed by atoms with Gasteiger partial charge < -0.3 is 4.74 Å². The van der Waals surface area contributed by atoms with Crippen molar-refractivity contribution in [3.63, 3.8) is 0 Å². The van der Waals surface area contributed by atoms with Gasteiger partial charge in [-0.25, -0.2) is 19.0 Å². The van der Waals surface area contributed by atoms with E-state index in [1.54, 1.807) is 23.0 Å². The van der Waals surface area contributed by atoms with Crippen LogP contribution in [0.25, 0.3) is 22.4 Å². The van der Waals surface area contributed by atoms with Crippen molar-refractivity contribution in [3.05, 3.63) is 40.9 Å². The molecule has 3 aromatic rings. The molecule has 1 atom stereocenters. The number of nitrogens with zero attached hydrogens (tertiary/aromatic N) is 4. The Morgan fingerprint density at radius 3 is 3.00 bits per heavy atom. The molecule has 0 amide bonds. The maximum Gasteiger partial charge on any atom is 0.180 e. The van der Waals surface area contributed by atoms with Crippen molar-refractivity contribution in [3.8, 4) is 11.3 Å². The van der Waals surface area contributed by atoms with Gasteiger partial charge in [0.05, 0.1) is 10.7 Å². The normalized spacial score (nSPS) is 18.0. The van der Waals surface area contributed by atoms with E-state index >= 15 is 0 Å². The van der Waals surface area contributed by atoms with E-state index in [-0.39, 0.29) is 11.3 Å². The van der Waals surface area contributed by atoms with Crippen LogP contribution >= 0.6 is 11.6 Å². The molecular weight excluding hydrogens is 343 g/mol. The van der Waals surface area contributed by atoms with Crippen LogP contribution in [0, 0.1) is 5.82 Å². The van der Waals surface area contributed by atoms with Crippen LogP contribution in [0.4, 0.5) is 4.39 Å². The Kier molecular flexibility index (Phi) is 4.39. The first-order valence-electron chi connectivity index (χ1n) is 8.49. The third-order valence-corrected chi connectivity index (χ3v) is 4.74. The molecule has 1 aliphatic heterocycles. The predicted molar refractivity (Wildman–Crippen MR) is 93.9 cm³/mol. The summed E-state index contributed by atoms with van der Waals surface area (Å²) in [5.74, 6) is -0.498. The van der Waals surface area contributed by atoms with E-state index in [1.165, 1.54) is 6.07 Å². The topological polar surface area (TPSA) is 52.8 Å². The first-order valence-corrected chi connectivity index (χ1v) is 8.87. The zero-order chi connectivity index (χ0) is 17.4. The Morgan fingerprint density at radius 2 is 2.24 bits per heavy atom. The Hall–Kier alpha value is -2.05. The van der Waals surface area contributed by atoms with Crippen LogP contribution in [0.15, 0.2) is 24.4 Å². The molecule has 0 N–H and O–H groups in total. The Labute approximate surface area is 149 Å². The van der Waals surface area contributed by atoms with Crippen LogP contribution in [0.2, 0.25) is 5.02 Å². The number of hydrogen-bond donors (Lipinski definition) is 0. The van der Waals surface area contributed by atoms with Crippen molar-refractivity contribution in [2.45, 2.75) is 38.8 Å². The third-order valence-electron chi connectivity index (χ3n) is 4.45. The highest BCUT2D eigenvalue weighted by Gasteiger charge is 2.25. The molecule has 25 heavy (non-hydrogen) atoms. The van der Waals surface area contributed by atoms with Crippen molar-refractivity contribution < 1.29 is 9.13 Å². The van der Waals surface area contributed by atoms with Gasteiger partial charge in [0.15, 0.2) is 17.7 Å². The third kappa shape index (κ3) is 2.89. The first kappa shape index (κ1) is 16.4. The Balaban J connectivity index is 1.94. The van der Waals surface area contributed by atoms with Crippen molar-refractivity contribution in [2.75, 3.05) is 6.61 Å². The van der Waals surface area contributed by atoms with Crippen LogP contribution in [0.1, 0.15) is 38.1 Å². The number of rotatable bonds is 3. The van der Waals surface area contributed by atoms with Gasteiger partial charge in [0.2, 0.25) is 0 Å². The van der Waals surface area contributed by atoms with E-state index < -0.39 is 5.82 Å². The summed E-state index contributed by atoms with van der Waals surface area (Å²) in [6.45, 7) is 2.71. The molecule has 1 unspecified atom stereocenters. The van der Waals surface area contributed by atoms with Gasteiger partial charge in [-0.05, 0) is 37.8 Å². The summed E-state index contributed by atoms with van der Waals surface area (Å²) in [5.41, 5.74) is 2.82. The molecule has 0 saturated carbocycles. The van der Waals surface area contributed by atoms with E-state index in [0.29, 0.717) is 29.0 Å². The SMILES string of the molecule is CCc1cnc2c(-c3cccc(Cl)c3F)nn(C3CCCCO3)c2n1. The van der Waals surface area contributed by atoms with Gasteiger partial charge in [-0.2, -0.15) is 5.10 Å². The van der Waals surface area contributed by atoms with E-state index in [1.807, 2.05) is 6.92 Å². The maximum atomic E-state index is 14.6. The molecule has 1 aromatic carbocycles. The van der Waals surface area contributed by atoms with Gasteiger partial charge in [0.1, 0.15) is 11.2 Å². The number of fused-ring (bicyclic) bond motifs is 1. The summed E-state index contributed by atoms with van der Waals surface area (Å²) in [6.07, 6.45) is 5.23. The van der Waals surface area contributed by atoms with Gasteiger partial charge in [-0.3, -0.25) is 0 Å². The lowest BCUT2D eigenvalue weighted by Crippen LogP contribution is -2.19. The minimum atomic E-state index is -0.498. The fourth-order valence-corrected chi connectivity index (χ4v) is 3.27. The quantitative estimate of drug-likeness (QED) is 0.687. The number of ether oxygens (including phenoxy) is 1. The number of benzene rings is 1. The van der Waals surface area contributed by atoms with E-state index in [2.05, 4.69) is 15.1 Å². The molecule has 0 spiro atoms. The molecule has 0 radical (unpaired) electrons. The van der Waals surface area contributed by atoms with Crippen LogP contribution < -0.4 is 0 Å². The standard InChI is InChI=1S/C18H18ClFN4O/c1-2-11-10-21-17-16(12-6-5-7-13(19)15(12)20)23-24(18(17)22-11)14-8-3-4-9-25-14/h5-7,10,14H,2-4,8-9H2,1H3. The molecule has 7 heteroatoms. The van der Waals surface area contributed by atoms with Gasteiger partial charge in [0.25, 0.3) is 0 Å². The van der Waals surface area contributed by atoms with Crippen LogP contribution in [-0.4, -0.2) is 26.4 Å². The highest BCUT2D eigenvalue weighted by Crippen LogP contribution is 2.33. The summed E-state index contributed by atoms with van der Waals surface area (Å²) < 4.78 is 22.2. The van der Waals surface area contributed by atoms with Gasteiger partial charge in [0, 0.05) is 18.4 Å². The van der Waals surface area contributed by atoms with Crippen molar-refractivity contribution in [1.82, 2.24) is 19.7 Å². The maximum absolute atomic E-state index is 14.6. The molecule has 130 valence electrons. The minimum absolute atomic E-state index is 0.0623. The first-order chi connectivity index (χ1) is 12.2. The Bertz CT molecular complexity index is 921. The van der Waals surface area contributed by atoms with Gasteiger partial charge >= 0.3 is 0 Å². The van der Waals surface area contributed by atoms with E-state index in [9.17, 15) is 4.39 Å². The van der Waals surface area contributed by atoms with E-state index in [4.69, 9.17) is 16.3 Å². The summed E-state index contributed by atoms with van der Waals surface area (Å²) >= 11 is 5.95. The van der Waals surface area contributed by atoms with Crippen molar-refractivity contribution >= 4 is 22.8 Å². The minimum Gasteiger partial charge on any atom is -0.356 e. The molecule has 5 nitrogen and oxygen atoms in total. The van der Waals surface area contributed by atoms with Crippen LogP contribution in [-0.2, 0) is 11.2 Å². The van der Waals surface area contributed by atoms with Crippen molar-refractivity contribution in [2.24, 2.45) is 0 Å². The molecular formula is C18H18ClFN4O.